The van der Waals surface area contributed by atoms with E-state index in [1.54, 1.807) is 0 Å². The minimum Gasteiger partial charge on any atom is -0.301 e. The van der Waals surface area contributed by atoms with Gasteiger partial charge in [0.15, 0.2) is 0 Å². The van der Waals surface area contributed by atoms with Crippen LogP contribution in [-0.2, 0) is 0 Å². The lowest BCUT2D eigenvalue weighted by atomic mass is 10.1. The van der Waals surface area contributed by atoms with Gasteiger partial charge in [-0.1, -0.05) is 6.92 Å². The Morgan fingerprint density at radius 3 is 2.17 bits per heavy atom. The van der Waals surface area contributed by atoms with Crippen LogP contribution in [-0.4, -0.2) is 30.5 Å². The Kier molecular flexibility index (Phi) is 4.13. The van der Waals surface area contributed by atoms with E-state index in [0.29, 0.717) is 4.70 Å². The number of nitrogens with one attached hydrogen (secondary N) is 2. The Morgan fingerprint density at radius 1 is 1.33 bits per heavy atom. The van der Waals surface area contributed by atoms with Crippen molar-refractivity contribution in [1.29, 1.82) is 0 Å². The van der Waals surface area contributed by atoms with Crippen molar-refractivity contribution >= 4 is 0 Å². The Labute approximate surface area is 75.6 Å². The Morgan fingerprint density at radius 2 is 1.83 bits per heavy atom. The fraction of sp³-hybridized carbons (Fsp3) is 1.00. The molecule has 0 heterocycles. The third kappa shape index (κ3) is 3.49. The van der Waals surface area contributed by atoms with Crippen LogP contribution in [0, 0.1) is 0 Å². The van der Waals surface area contributed by atoms with E-state index in [1.165, 1.54) is 0 Å². The van der Waals surface area contributed by atoms with Gasteiger partial charge in [-0.15, -0.1) is 5.43 Å². The summed E-state index contributed by atoms with van der Waals surface area (Å²) in [6.07, 6.45) is 0. The van der Waals surface area contributed by atoms with Gasteiger partial charge in [0.25, 0.3) is 0 Å². The minimum absolute atomic E-state index is 0.00935. The van der Waals surface area contributed by atoms with Gasteiger partial charge in [-0.05, 0) is 27.3 Å². The lowest BCUT2D eigenvalue weighted by molar-refractivity contribution is -1.00. The number of nitrogens with zero attached hydrogens (tertiary/aromatic N) is 1. The molecule has 0 aromatic rings. The standard InChI is InChI=1S/C8H23N4/c1-6-10-7-11-12(5,9)8(2,3)4/h10-11H,6-7,9H2,1-5H3/q+1. The van der Waals surface area contributed by atoms with Gasteiger partial charge >= 0.3 is 0 Å². The average Bonchev–Trinajstić information content (AvgIpc) is 1.85. The second-order valence-corrected chi connectivity index (χ2v) is 4.18. The summed E-state index contributed by atoms with van der Waals surface area (Å²) < 4.78 is 0.319. The molecule has 0 aromatic carbocycles. The van der Waals surface area contributed by atoms with E-state index in [0.717, 1.165) is 13.2 Å². The van der Waals surface area contributed by atoms with Crippen LogP contribution in [0.4, 0.5) is 0 Å². The minimum atomic E-state index is 0.00935. The average molecular weight is 175 g/mol. The summed E-state index contributed by atoms with van der Waals surface area (Å²) in [7, 11) is 1.96. The molecule has 0 fully saturated rings. The molecule has 4 N–H and O–H groups in total. The fourth-order valence-electron chi connectivity index (χ4n) is 0.582. The van der Waals surface area contributed by atoms with Crippen molar-refractivity contribution in [1.82, 2.24) is 10.7 Å². The zero-order valence-corrected chi connectivity index (χ0v) is 8.94. The second-order valence-electron chi connectivity index (χ2n) is 4.18. The molecule has 1 unspecified atom stereocenters. The molecule has 12 heavy (non-hydrogen) atoms. The monoisotopic (exact) mass is 175 g/mol. The summed E-state index contributed by atoms with van der Waals surface area (Å²) in [5, 5.41) is 3.17. The number of rotatable bonds is 4. The molecule has 0 amide bonds. The number of quaternary nitrogens is 1. The van der Waals surface area contributed by atoms with E-state index in [2.05, 4.69) is 38.4 Å². The van der Waals surface area contributed by atoms with Crippen LogP contribution in [0.15, 0.2) is 0 Å². The molecule has 0 bridgehead atoms. The largest absolute Gasteiger partial charge is 0.301 e. The molecule has 0 saturated carbocycles. The molecular weight excluding hydrogens is 152 g/mol. The van der Waals surface area contributed by atoms with Crippen molar-refractivity contribution in [2.75, 3.05) is 20.3 Å². The SMILES string of the molecule is CCNCN[N+](C)(N)C(C)(C)C. The maximum Gasteiger partial charge on any atom is 0.126 e. The molecule has 4 nitrogen and oxygen atoms in total. The van der Waals surface area contributed by atoms with Crippen LogP contribution in [0.1, 0.15) is 27.7 Å². The normalized spacial score (nSPS) is 17.5. The van der Waals surface area contributed by atoms with Crippen LogP contribution in [0.25, 0.3) is 0 Å². The van der Waals surface area contributed by atoms with Gasteiger partial charge in [-0.3, -0.25) is 0 Å². The predicted molar refractivity (Wildman–Crippen MR) is 51.8 cm³/mol. The molecule has 0 aromatic heterocycles. The highest BCUT2D eigenvalue weighted by Crippen LogP contribution is 2.12. The first-order chi connectivity index (χ1) is 5.31. The summed E-state index contributed by atoms with van der Waals surface area (Å²) in [4.78, 5) is 0. The number of hydrogen-bond acceptors (Lipinski definition) is 3. The zero-order valence-electron chi connectivity index (χ0n) is 8.94. The van der Waals surface area contributed by atoms with E-state index in [4.69, 9.17) is 5.84 Å². The van der Waals surface area contributed by atoms with Gasteiger partial charge in [0, 0.05) is 0 Å². The molecule has 0 aliphatic rings. The van der Waals surface area contributed by atoms with Gasteiger partial charge in [0.05, 0.1) is 6.67 Å². The Hall–Kier alpha value is -0.160. The highest BCUT2D eigenvalue weighted by atomic mass is 15.8. The fourth-order valence-corrected chi connectivity index (χ4v) is 0.582. The molecule has 0 aliphatic carbocycles. The van der Waals surface area contributed by atoms with Gasteiger partial charge in [-0.25, -0.2) is 0 Å². The van der Waals surface area contributed by atoms with Crippen LogP contribution in [0.5, 0.6) is 0 Å². The number of hydrogen-bond donors (Lipinski definition) is 3. The van der Waals surface area contributed by atoms with Crippen LogP contribution in [0.3, 0.4) is 0 Å². The summed E-state index contributed by atoms with van der Waals surface area (Å²) in [5.74, 6) is 6.02. The zero-order chi connectivity index (χ0) is 9.83. The molecule has 0 radical (unpaired) electrons. The molecular formula is C8H23N4+. The quantitative estimate of drug-likeness (QED) is 0.188. The predicted octanol–water partition coefficient (Wildman–Crippen LogP) is 0.177. The van der Waals surface area contributed by atoms with E-state index in [1.807, 2.05) is 7.05 Å². The molecule has 0 aliphatic heterocycles. The second kappa shape index (κ2) is 4.18. The smallest absolute Gasteiger partial charge is 0.126 e. The maximum atomic E-state index is 6.02. The van der Waals surface area contributed by atoms with Crippen LogP contribution >= 0.6 is 0 Å². The van der Waals surface area contributed by atoms with Crippen molar-refractivity contribution in [3.63, 3.8) is 0 Å². The van der Waals surface area contributed by atoms with E-state index in [-0.39, 0.29) is 5.54 Å². The van der Waals surface area contributed by atoms with E-state index in [9.17, 15) is 0 Å². The molecule has 74 valence electrons. The van der Waals surface area contributed by atoms with Crippen molar-refractivity contribution in [2.24, 2.45) is 5.84 Å². The van der Waals surface area contributed by atoms with Gasteiger partial charge < -0.3 is 5.32 Å². The van der Waals surface area contributed by atoms with Gasteiger partial charge in [0.1, 0.15) is 12.6 Å². The topological polar surface area (TPSA) is 50.1 Å². The summed E-state index contributed by atoms with van der Waals surface area (Å²) >= 11 is 0. The third-order valence-electron chi connectivity index (χ3n) is 2.18. The Bertz CT molecular complexity index is 126. The van der Waals surface area contributed by atoms with Gasteiger partial charge in [-0.2, -0.15) is 10.5 Å². The summed E-state index contributed by atoms with van der Waals surface area (Å²) in [6.45, 7) is 10.1. The third-order valence-corrected chi connectivity index (χ3v) is 2.18. The maximum absolute atomic E-state index is 6.02. The Balaban J connectivity index is 3.88. The molecule has 4 heteroatoms. The first-order valence-corrected chi connectivity index (χ1v) is 4.42. The molecule has 0 saturated heterocycles. The first-order valence-electron chi connectivity index (χ1n) is 4.42. The highest BCUT2D eigenvalue weighted by molar-refractivity contribution is 4.57. The van der Waals surface area contributed by atoms with Crippen molar-refractivity contribution in [3.8, 4) is 0 Å². The van der Waals surface area contributed by atoms with E-state index < -0.39 is 0 Å². The molecule has 0 rings (SSSR count). The van der Waals surface area contributed by atoms with Crippen LogP contribution < -0.4 is 16.6 Å². The number of nitrogens with two attached hydrogens (primary N) is 1. The molecule has 0 spiro atoms. The molecule has 1 atom stereocenters. The first kappa shape index (κ1) is 11.8. The van der Waals surface area contributed by atoms with E-state index >= 15 is 0 Å². The lowest BCUT2D eigenvalue weighted by Crippen LogP contribution is -2.71. The van der Waals surface area contributed by atoms with Crippen molar-refractivity contribution < 1.29 is 4.70 Å². The summed E-state index contributed by atoms with van der Waals surface area (Å²) in [5.41, 5.74) is 3.21. The van der Waals surface area contributed by atoms with Crippen LogP contribution in [0.2, 0.25) is 0 Å². The lowest BCUT2D eigenvalue weighted by Gasteiger charge is -2.39. The summed E-state index contributed by atoms with van der Waals surface area (Å²) in [6, 6.07) is 0. The van der Waals surface area contributed by atoms with Crippen molar-refractivity contribution in [3.05, 3.63) is 0 Å². The van der Waals surface area contributed by atoms with Gasteiger partial charge in [0.2, 0.25) is 0 Å². The van der Waals surface area contributed by atoms with Crippen molar-refractivity contribution in [2.45, 2.75) is 33.2 Å². The highest BCUT2D eigenvalue weighted by Gasteiger charge is 2.33.